The molecule has 1 saturated heterocycles. The van der Waals surface area contributed by atoms with E-state index < -0.39 is 11.8 Å². The van der Waals surface area contributed by atoms with Gasteiger partial charge in [-0.15, -0.1) is 0 Å². The molecule has 1 aliphatic heterocycles. The van der Waals surface area contributed by atoms with Crippen LogP contribution < -0.4 is 0 Å². The normalized spacial score (nSPS) is 26.0. The van der Waals surface area contributed by atoms with E-state index in [2.05, 4.69) is 0 Å². The van der Waals surface area contributed by atoms with Crippen LogP contribution in [-0.4, -0.2) is 40.8 Å². The van der Waals surface area contributed by atoms with Gasteiger partial charge in [-0.3, -0.25) is 4.90 Å². The number of hydrogen-bond donors (Lipinski definition) is 1. The van der Waals surface area contributed by atoms with Gasteiger partial charge >= 0.3 is 6.09 Å². The van der Waals surface area contributed by atoms with Crippen molar-refractivity contribution >= 4 is 12.4 Å². The standard InChI is InChI=1S/C8H13NO4/c1-8(2)9(7(11)12)6(3-4-10)5-13-8/h4,6H,3,5H2,1-2H3,(H,11,12). The molecule has 0 aromatic rings. The van der Waals surface area contributed by atoms with Crippen molar-refractivity contribution < 1.29 is 19.4 Å². The summed E-state index contributed by atoms with van der Waals surface area (Å²) in [6, 6.07) is -0.343. The lowest BCUT2D eigenvalue weighted by Crippen LogP contribution is -2.47. The second kappa shape index (κ2) is 3.33. The van der Waals surface area contributed by atoms with E-state index in [1.54, 1.807) is 13.8 Å². The molecule has 0 saturated carbocycles. The molecule has 1 amide bonds. The first-order chi connectivity index (χ1) is 5.99. The van der Waals surface area contributed by atoms with E-state index >= 15 is 0 Å². The van der Waals surface area contributed by atoms with E-state index in [1.165, 1.54) is 4.90 Å². The van der Waals surface area contributed by atoms with Gasteiger partial charge in [-0.1, -0.05) is 0 Å². The highest BCUT2D eigenvalue weighted by atomic mass is 16.5. The summed E-state index contributed by atoms with van der Waals surface area (Å²) in [5.41, 5.74) is -0.820. The Hall–Kier alpha value is -1.10. The molecule has 0 aromatic carbocycles. The Morgan fingerprint density at radius 1 is 1.77 bits per heavy atom. The van der Waals surface area contributed by atoms with E-state index in [1.807, 2.05) is 0 Å². The van der Waals surface area contributed by atoms with Crippen LogP contribution in [-0.2, 0) is 9.53 Å². The van der Waals surface area contributed by atoms with Crippen LogP contribution in [0.25, 0.3) is 0 Å². The lowest BCUT2D eigenvalue weighted by atomic mass is 10.2. The first kappa shape index (κ1) is 9.98. The molecule has 1 N–H and O–H groups in total. The summed E-state index contributed by atoms with van der Waals surface area (Å²) in [6.07, 6.45) is -0.143. The fourth-order valence-electron chi connectivity index (χ4n) is 1.55. The van der Waals surface area contributed by atoms with Gasteiger partial charge in [-0.25, -0.2) is 4.79 Å². The molecular formula is C8H13NO4. The van der Waals surface area contributed by atoms with Crippen molar-refractivity contribution in [1.29, 1.82) is 0 Å². The zero-order chi connectivity index (χ0) is 10.1. The van der Waals surface area contributed by atoms with Crippen LogP contribution in [0.15, 0.2) is 0 Å². The quantitative estimate of drug-likeness (QED) is 0.646. The van der Waals surface area contributed by atoms with E-state index in [0.717, 1.165) is 0 Å². The molecule has 1 aliphatic rings. The molecule has 74 valence electrons. The average Bonchev–Trinajstić information content (AvgIpc) is 2.26. The van der Waals surface area contributed by atoms with Gasteiger partial charge in [0.15, 0.2) is 0 Å². The number of nitrogens with zero attached hydrogens (tertiary/aromatic N) is 1. The van der Waals surface area contributed by atoms with Crippen LogP contribution in [0.2, 0.25) is 0 Å². The topological polar surface area (TPSA) is 66.8 Å². The number of amides is 1. The molecule has 1 unspecified atom stereocenters. The second-order valence-electron chi connectivity index (χ2n) is 3.47. The minimum absolute atomic E-state index is 0.190. The Morgan fingerprint density at radius 3 is 2.85 bits per heavy atom. The van der Waals surface area contributed by atoms with E-state index in [0.29, 0.717) is 6.29 Å². The monoisotopic (exact) mass is 187 g/mol. The second-order valence-corrected chi connectivity index (χ2v) is 3.47. The molecule has 0 spiro atoms. The zero-order valence-corrected chi connectivity index (χ0v) is 7.69. The number of ether oxygens (including phenoxy) is 1. The number of aldehydes is 1. The van der Waals surface area contributed by atoms with Crippen LogP contribution in [0.5, 0.6) is 0 Å². The van der Waals surface area contributed by atoms with Crippen LogP contribution in [0.4, 0.5) is 4.79 Å². The van der Waals surface area contributed by atoms with Crippen molar-refractivity contribution in [2.24, 2.45) is 0 Å². The molecule has 0 aliphatic carbocycles. The Kier molecular flexibility index (Phi) is 2.56. The summed E-state index contributed by atoms with van der Waals surface area (Å²) in [7, 11) is 0. The Bertz CT molecular complexity index is 226. The molecule has 0 radical (unpaired) electrons. The molecule has 1 heterocycles. The predicted octanol–water partition coefficient (Wildman–Crippen LogP) is 0.690. The third kappa shape index (κ3) is 1.80. The van der Waals surface area contributed by atoms with Crippen molar-refractivity contribution in [2.75, 3.05) is 6.61 Å². The molecular weight excluding hydrogens is 174 g/mol. The maximum absolute atomic E-state index is 10.8. The summed E-state index contributed by atoms with van der Waals surface area (Å²) >= 11 is 0. The van der Waals surface area contributed by atoms with Crippen LogP contribution in [0.1, 0.15) is 20.3 Å². The Labute approximate surface area is 76.3 Å². The molecule has 5 nitrogen and oxygen atoms in total. The van der Waals surface area contributed by atoms with Crippen LogP contribution in [0.3, 0.4) is 0 Å². The third-order valence-corrected chi connectivity index (χ3v) is 2.15. The number of carbonyl (C=O) groups excluding carboxylic acids is 1. The van der Waals surface area contributed by atoms with Crippen LogP contribution in [0, 0.1) is 0 Å². The lowest BCUT2D eigenvalue weighted by Gasteiger charge is -2.30. The maximum atomic E-state index is 10.8. The van der Waals surface area contributed by atoms with Crippen molar-refractivity contribution in [3.63, 3.8) is 0 Å². The highest BCUT2D eigenvalue weighted by Crippen LogP contribution is 2.28. The van der Waals surface area contributed by atoms with Gasteiger partial charge in [0.2, 0.25) is 0 Å². The van der Waals surface area contributed by atoms with Crippen molar-refractivity contribution in [2.45, 2.75) is 32.0 Å². The third-order valence-electron chi connectivity index (χ3n) is 2.15. The van der Waals surface area contributed by atoms with Gasteiger partial charge in [0.05, 0.1) is 12.6 Å². The number of carboxylic acid groups (broad SMARTS) is 1. The fourth-order valence-corrected chi connectivity index (χ4v) is 1.55. The van der Waals surface area contributed by atoms with E-state index in [9.17, 15) is 9.59 Å². The van der Waals surface area contributed by atoms with E-state index in [4.69, 9.17) is 9.84 Å². The molecule has 0 bridgehead atoms. The van der Waals surface area contributed by atoms with Crippen molar-refractivity contribution in [3.05, 3.63) is 0 Å². The van der Waals surface area contributed by atoms with Gasteiger partial charge in [0.1, 0.15) is 12.0 Å². The minimum atomic E-state index is -1.05. The van der Waals surface area contributed by atoms with Gasteiger partial charge < -0.3 is 14.6 Å². The smallest absolute Gasteiger partial charge is 0.409 e. The molecule has 13 heavy (non-hydrogen) atoms. The first-order valence-electron chi connectivity index (χ1n) is 4.09. The summed E-state index contributed by atoms with van der Waals surface area (Å²) in [5.74, 6) is 0. The largest absolute Gasteiger partial charge is 0.465 e. The van der Waals surface area contributed by atoms with Crippen LogP contribution >= 0.6 is 0 Å². The summed E-state index contributed by atoms with van der Waals surface area (Å²) in [4.78, 5) is 22.3. The lowest BCUT2D eigenvalue weighted by molar-refractivity contribution is -0.108. The van der Waals surface area contributed by atoms with Gasteiger partial charge in [-0.2, -0.15) is 0 Å². The maximum Gasteiger partial charge on any atom is 0.409 e. The number of hydrogen-bond acceptors (Lipinski definition) is 3. The van der Waals surface area contributed by atoms with Crippen molar-refractivity contribution in [1.82, 2.24) is 4.90 Å². The molecule has 1 fully saturated rings. The van der Waals surface area contributed by atoms with Gasteiger partial charge in [-0.05, 0) is 13.8 Å². The highest BCUT2D eigenvalue weighted by molar-refractivity contribution is 5.67. The fraction of sp³-hybridized carbons (Fsp3) is 0.750. The summed E-state index contributed by atoms with van der Waals surface area (Å²) in [6.45, 7) is 3.63. The summed E-state index contributed by atoms with van der Waals surface area (Å²) < 4.78 is 5.27. The SMILES string of the molecule is CC1(C)OCC(CC=O)N1C(=O)O. The van der Waals surface area contributed by atoms with Crippen molar-refractivity contribution in [3.8, 4) is 0 Å². The predicted molar refractivity (Wildman–Crippen MR) is 44.4 cm³/mol. The molecule has 1 rings (SSSR count). The number of rotatable bonds is 2. The Morgan fingerprint density at radius 2 is 2.38 bits per heavy atom. The minimum Gasteiger partial charge on any atom is -0.465 e. The molecule has 0 aromatic heterocycles. The Balaban J connectivity index is 2.79. The van der Waals surface area contributed by atoms with Gasteiger partial charge in [0, 0.05) is 6.42 Å². The average molecular weight is 187 g/mol. The highest BCUT2D eigenvalue weighted by Gasteiger charge is 2.43. The van der Waals surface area contributed by atoms with Gasteiger partial charge in [0.25, 0.3) is 0 Å². The zero-order valence-electron chi connectivity index (χ0n) is 7.69. The summed E-state index contributed by atoms with van der Waals surface area (Å²) in [5, 5.41) is 8.88. The molecule has 5 heteroatoms. The molecule has 1 atom stereocenters. The first-order valence-corrected chi connectivity index (χ1v) is 4.09. The number of carbonyl (C=O) groups is 2. The van der Waals surface area contributed by atoms with E-state index in [-0.39, 0.29) is 19.1 Å².